The Kier molecular flexibility index (Phi) is 3.79. The van der Waals surface area contributed by atoms with E-state index in [9.17, 15) is 5.11 Å². The predicted molar refractivity (Wildman–Crippen MR) is 64.0 cm³/mol. The standard InChI is InChI=1S/C13H15ClO/c1-4-13(3,15)8-7-11-5-6-12(14)9-10(11)2/h5-6,9,15H,4H2,1-3H3. The smallest absolute Gasteiger partial charge is 0.122 e. The van der Waals surface area contributed by atoms with Crippen molar-refractivity contribution in [3.63, 3.8) is 0 Å². The second kappa shape index (κ2) is 4.70. The molecule has 1 aromatic carbocycles. The fourth-order valence-corrected chi connectivity index (χ4v) is 1.28. The van der Waals surface area contributed by atoms with Gasteiger partial charge in [-0.25, -0.2) is 0 Å². The van der Waals surface area contributed by atoms with Crippen molar-refractivity contribution in [1.82, 2.24) is 0 Å². The van der Waals surface area contributed by atoms with Gasteiger partial charge in [0.2, 0.25) is 0 Å². The number of aliphatic hydroxyl groups is 1. The van der Waals surface area contributed by atoms with E-state index in [0.29, 0.717) is 11.4 Å². The zero-order valence-corrected chi connectivity index (χ0v) is 10.0. The molecule has 0 saturated heterocycles. The Morgan fingerprint density at radius 1 is 1.47 bits per heavy atom. The second-order valence-corrected chi connectivity index (χ2v) is 4.27. The second-order valence-electron chi connectivity index (χ2n) is 3.84. The molecule has 15 heavy (non-hydrogen) atoms. The maximum absolute atomic E-state index is 9.73. The minimum Gasteiger partial charge on any atom is -0.378 e. The van der Waals surface area contributed by atoms with Gasteiger partial charge in [-0.15, -0.1) is 0 Å². The van der Waals surface area contributed by atoms with Crippen molar-refractivity contribution in [2.45, 2.75) is 32.8 Å². The van der Waals surface area contributed by atoms with Crippen LogP contribution in [0.1, 0.15) is 31.4 Å². The summed E-state index contributed by atoms with van der Waals surface area (Å²) in [4.78, 5) is 0. The highest BCUT2D eigenvalue weighted by Crippen LogP contribution is 2.15. The van der Waals surface area contributed by atoms with Crippen molar-refractivity contribution in [1.29, 1.82) is 0 Å². The fraction of sp³-hybridized carbons (Fsp3) is 0.385. The molecule has 1 atom stereocenters. The van der Waals surface area contributed by atoms with Crippen LogP contribution in [0, 0.1) is 18.8 Å². The highest BCUT2D eigenvalue weighted by atomic mass is 35.5. The van der Waals surface area contributed by atoms with Gasteiger partial charge in [-0.1, -0.05) is 30.4 Å². The lowest BCUT2D eigenvalue weighted by molar-refractivity contribution is 0.118. The maximum Gasteiger partial charge on any atom is 0.122 e. The Hall–Kier alpha value is -0.970. The molecule has 0 radical (unpaired) electrons. The normalized spacial score (nSPS) is 13.9. The SMILES string of the molecule is CCC(C)(O)C#Cc1ccc(Cl)cc1C. The molecular formula is C13H15ClO. The summed E-state index contributed by atoms with van der Waals surface area (Å²) in [5.74, 6) is 5.82. The number of rotatable bonds is 1. The molecule has 0 saturated carbocycles. The number of hydrogen-bond acceptors (Lipinski definition) is 1. The van der Waals surface area contributed by atoms with Crippen LogP contribution in [0.3, 0.4) is 0 Å². The third-order valence-corrected chi connectivity index (χ3v) is 2.58. The first kappa shape index (κ1) is 12.1. The van der Waals surface area contributed by atoms with Crippen molar-refractivity contribution in [3.05, 3.63) is 34.3 Å². The molecule has 1 nitrogen and oxygen atoms in total. The summed E-state index contributed by atoms with van der Waals surface area (Å²) in [5, 5.41) is 10.4. The van der Waals surface area contributed by atoms with Crippen molar-refractivity contribution in [2.24, 2.45) is 0 Å². The molecule has 0 aliphatic heterocycles. The van der Waals surface area contributed by atoms with Crippen LogP contribution in [0.15, 0.2) is 18.2 Å². The van der Waals surface area contributed by atoms with E-state index in [1.54, 1.807) is 13.0 Å². The third kappa shape index (κ3) is 3.58. The molecule has 0 aromatic heterocycles. The number of benzene rings is 1. The molecule has 0 fully saturated rings. The first-order valence-corrected chi connectivity index (χ1v) is 5.34. The Bertz CT molecular complexity index is 410. The Labute approximate surface area is 96.1 Å². The van der Waals surface area contributed by atoms with Gasteiger partial charge in [0.25, 0.3) is 0 Å². The van der Waals surface area contributed by atoms with E-state index in [1.807, 2.05) is 26.0 Å². The van der Waals surface area contributed by atoms with E-state index in [4.69, 9.17) is 11.6 Å². The van der Waals surface area contributed by atoms with Gasteiger partial charge in [0.1, 0.15) is 5.60 Å². The van der Waals surface area contributed by atoms with Gasteiger partial charge < -0.3 is 5.11 Å². The lowest BCUT2D eigenvalue weighted by atomic mass is 10.0. The molecular weight excluding hydrogens is 208 g/mol. The van der Waals surface area contributed by atoms with E-state index in [-0.39, 0.29) is 0 Å². The Morgan fingerprint density at radius 2 is 2.13 bits per heavy atom. The lowest BCUT2D eigenvalue weighted by Gasteiger charge is -2.12. The Morgan fingerprint density at radius 3 is 2.67 bits per heavy atom. The summed E-state index contributed by atoms with van der Waals surface area (Å²) in [6, 6.07) is 5.54. The highest BCUT2D eigenvalue weighted by molar-refractivity contribution is 6.30. The predicted octanol–water partition coefficient (Wildman–Crippen LogP) is 3.16. The lowest BCUT2D eigenvalue weighted by Crippen LogP contribution is -2.19. The quantitative estimate of drug-likeness (QED) is 0.724. The van der Waals surface area contributed by atoms with E-state index in [2.05, 4.69) is 11.8 Å². The van der Waals surface area contributed by atoms with Crippen LogP contribution in [0.2, 0.25) is 5.02 Å². The zero-order chi connectivity index (χ0) is 11.5. The molecule has 0 heterocycles. The van der Waals surface area contributed by atoms with Gasteiger partial charge >= 0.3 is 0 Å². The van der Waals surface area contributed by atoms with Crippen molar-refractivity contribution < 1.29 is 5.11 Å². The summed E-state index contributed by atoms with van der Waals surface area (Å²) in [6.07, 6.45) is 0.618. The average molecular weight is 223 g/mol. The minimum atomic E-state index is -0.911. The highest BCUT2D eigenvalue weighted by Gasteiger charge is 2.12. The van der Waals surface area contributed by atoms with E-state index >= 15 is 0 Å². The average Bonchev–Trinajstić information content (AvgIpc) is 2.16. The molecule has 0 spiro atoms. The molecule has 1 unspecified atom stereocenters. The molecule has 80 valence electrons. The summed E-state index contributed by atoms with van der Waals surface area (Å²) in [5.41, 5.74) is 1.03. The van der Waals surface area contributed by atoms with Crippen LogP contribution in [0.4, 0.5) is 0 Å². The monoisotopic (exact) mass is 222 g/mol. The topological polar surface area (TPSA) is 20.2 Å². The minimum absolute atomic E-state index is 0.618. The summed E-state index contributed by atoms with van der Waals surface area (Å²) >= 11 is 5.84. The van der Waals surface area contributed by atoms with Gasteiger partial charge in [-0.05, 0) is 44.0 Å². The number of hydrogen-bond donors (Lipinski definition) is 1. The molecule has 1 rings (SSSR count). The molecule has 0 aliphatic carbocycles. The van der Waals surface area contributed by atoms with Crippen LogP contribution in [-0.4, -0.2) is 10.7 Å². The van der Waals surface area contributed by atoms with E-state index in [1.165, 1.54) is 0 Å². The van der Waals surface area contributed by atoms with E-state index in [0.717, 1.165) is 11.1 Å². The molecule has 2 heteroatoms. The molecule has 1 N–H and O–H groups in total. The first-order chi connectivity index (χ1) is 6.94. The van der Waals surface area contributed by atoms with Crippen molar-refractivity contribution >= 4 is 11.6 Å². The molecule has 0 aliphatic rings. The van der Waals surface area contributed by atoms with Crippen LogP contribution in [-0.2, 0) is 0 Å². The van der Waals surface area contributed by atoms with Crippen molar-refractivity contribution in [3.8, 4) is 11.8 Å². The van der Waals surface area contributed by atoms with Gasteiger partial charge in [0, 0.05) is 10.6 Å². The third-order valence-electron chi connectivity index (χ3n) is 2.34. The van der Waals surface area contributed by atoms with Crippen molar-refractivity contribution in [2.75, 3.05) is 0 Å². The molecule has 1 aromatic rings. The summed E-state index contributed by atoms with van der Waals surface area (Å²) < 4.78 is 0. The van der Waals surface area contributed by atoms with Gasteiger partial charge in [-0.2, -0.15) is 0 Å². The Balaban J connectivity index is 2.99. The van der Waals surface area contributed by atoms with Crippen LogP contribution >= 0.6 is 11.6 Å². The molecule has 0 amide bonds. The van der Waals surface area contributed by atoms with Gasteiger partial charge in [-0.3, -0.25) is 0 Å². The number of halogens is 1. The van der Waals surface area contributed by atoms with Gasteiger partial charge in [0.15, 0.2) is 0 Å². The largest absolute Gasteiger partial charge is 0.378 e. The maximum atomic E-state index is 9.73. The zero-order valence-electron chi connectivity index (χ0n) is 9.26. The van der Waals surface area contributed by atoms with Crippen LogP contribution in [0.5, 0.6) is 0 Å². The van der Waals surface area contributed by atoms with E-state index < -0.39 is 5.60 Å². The van der Waals surface area contributed by atoms with Crippen LogP contribution < -0.4 is 0 Å². The number of aryl methyl sites for hydroxylation is 1. The summed E-state index contributed by atoms with van der Waals surface area (Å²) in [7, 11) is 0. The van der Waals surface area contributed by atoms with Gasteiger partial charge in [0.05, 0.1) is 0 Å². The summed E-state index contributed by atoms with van der Waals surface area (Å²) in [6.45, 7) is 5.57. The first-order valence-electron chi connectivity index (χ1n) is 4.96. The fourth-order valence-electron chi connectivity index (χ4n) is 1.06. The molecule has 0 bridgehead atoms. The van der Waals surface area contributed by atoms with Crippen LogP contribution in [0.25, 0.3) is 0 Å².